The van der Waals surface area contributed by atoms with Gasteiger partial charge in [0, 0.05) is 25.4 Å². The maximum absolute atomic E-state index is 11.5. The second-order valence-electron chi connectivity index (χ2n) is 5.38. The number of rotatable bonds is 4. The Morgan fingerprint density at radius 2 is 2.27 bits per heavy atom. The molecule has 0 saturated carbocycles. The molecule has 1 saturated heterocycles. The highest BCUT2D eigenvalue weighted by atomic mass is 16.6. The van der Waals surface area contributed by atoms with E-state index in [0.29, 0.717) is 11.4 Å². The number of para-hydroxylation sites is 1. The van der Waals surface area contributed by atoms with Crippen LogP contribution >= 0.6 is 0 Å². The Labute approximate surface area is 128 Å². The summed E-state index contributed by atoms with van der Waals surface area (Å²) in [6.07, 6.45) is 5.75. The molecule has 2 heterocycles. The average Bonchev–Trinajstić information content (AvgIpc) is 3.14. The molecular weight excluding hydrogens is 284 g/mol. The van der Waals surface area contributed by atoms with E-state index in [-0.39, 0.29) is 16.7 Å². The standard InChI is InChI=1S/C15H18N4O3/c1-17-10-11(9-16-17)12-6-4-8-18(12)13-5-3-7-14(22-2)15(13)19(20)21/h3,5,7,9-10,12H,4,6,8H2,1-2H3/t12-/m1/s1. The third-order valence-corrected chi connectivity index (χ3v) is 4.05. The van der Waals surface area contributed by atoms with Crippen molar-refractivity contribution >= 4 is 11.4 Å². The van der Waals surface area contributed by atoms with E-state index in [4.69, 9.17) is 4.74 Å². The van der Waals surface area contributed by atoms with Crippen molar-refractivity contribution in [2.24, 2.45) is 7.05 Å². The molecule has 1 aromatic carbocycles. The van der Waals surface area contributed by atoms with Gasteiger partial charge in [-0.2, -0.15) is 5.10 Å². The van der Waals surface area contributed by atoms with E-state index in [9.17, 15) is 10.1 Å². The van der Waals surface area contributed by atoms with Gasteiger partial charge in [0.25, 0.3) is 0 Å². The minimum Gasteiger partial charge on any atom is -0.490 e. The molecule has 1 atom stereocenters. The topological polar surface area (TPSA) is 73.4 Å². The van der Waals surface area contributed by atoms with Gasteiger partial charge in [-0.25, -0.2) is 0 Å². The van der Waals surface area contributed by atoms with E-state index in [0.717, 1.165) is 24.9 Å². The van der Waals surface area contributed by atoms with Gasteiger partial charge in [0.15, 0.2) is 5.75 Å². The summed E-state index contributed by atoms with van der Waals surface area (Å²) in [6.45, 7) is 0.785. The van der Waals surface area contributed by atoms with E-state index in [1.807, 2.05) is 19.4 Å². The van der Waals surface area contributed by atoms with Crippen molar-refractivity contribution in [3.63, 3.8) is 0 Å². The monoisotopic (exact) mass is 302 g/mol. The number of anilines is 1. The first-order chi connectivity index (χ1) is 10.6. The van der Waals surface area contributed by atoms with Crippen LogP contribution in [-0.4, -0.2) is 28.4 Å². The normalized spacial score (nSPS) is 17.7. The van der Waals surface area contributed by atoms with Crippen LogP contribution in [0.1, 0.15) is 24.4 Å². The van der Waals surface area contributed by atoms with Crippen molar-refractivity contribution in [2.75, 3.05) is 18.6 Å². The zero-order valence-electron chi connectivity index (χ0n) is 12.6. The molecule has 3 rings (SSSR count). The smallest absolute Gasteiger partial charge is 0.333 e. The minimum absolute atomic E-state index is 0.0285. The Morgan fingerprint density at radius 1 is 1.45 bits per heavy atom. The van der Waals surface area contributed by atoms with Crippen LogP contribution in [0.25, 0.3) is 0 Å². The number of ether oxygens (including phenoxy) is 1. The van der Waals surface area contributed by atoms with Crippen LogP contribution in [-0.2, 0) is 7.05 Å². The molecule has 0 amide bonds. The highest BCUT2D eigenvalue weighted by Crippen LogP contribution is 2.43. The zero-order valence-corrected chi connectivity index (χ0v) is 12.6. The average molecular weight is 302 g/mol. The predicted octanol–water partition coefficient (Wildman–Crippen LogP) is 2.68. The van der Waals surface area contributed by atoms with Gasteiger partial charge < -0.3 is 9.64 Å². The lowest BCUT2D eigenvalue weighted by Gasteiger charge is -2.26. The highest BCUT2D eigenvalue weighted by molar-refractivity contribution is 5.70. The lowest BCUT2D eigenvalue weighted by molar-refractivity contribution is -0.385. The number of hydrogen-bond donors (Lipinski definition) is 0. The van der Waals surface area contributed by atoms with E-state index in [1.165, 1.54) is 7.11 Å². The lowest BCUT2D eigenvalue weighted by Crippen LogP contribution is -2.23. The molecule has 0 aliphatic carbocycles. The van der Waals surface area contributed by atoms with Crippen LogP contribution in [0, 0.1) is 10.1 Å². The number of methoxy groups -OCH3 is 1. The van der Waals surface area contributed by atoms with E-state index >= 15 is 0 Å². The van der Waals surface area contributed by atoms with Gasteiger partial charge in [-0.1, -0.05) is 6.07 Å². The first-order valence-corrected chi connectivity index (χ1v) is 7.18. The van der Waals surface area contributed by atoms with E-state index in [1.54, 1.807) is 22.9 Å². The number of hydrogen-bond acceptors (Lipinski definition) is 5. The molecular formula is C15H18N4O3. The maximum Gasteiger partial charge on any atom is 0.333 e. The lowest BCUT2D eigenvalue weighted by atomic mass is 10.1. The van der Waals surface area contributed by atoms with Gasteiger partial charge in [-0.15, -0.1) is 0 Å². The van der Waals surface area contributed by atoms with Crippen LogP contribution < -0.4 is 9.64 Å². The second-order valence-corrected chi connectivity index (χ2v) is 5.38. The molecule has 7 heteroatoms. The number of aryl methyl sites for hydroxylation is 1. The summed E-state index contributed by atoms with van der Waals surface area (Å²) in [5.74, 6) is 0.291. The van der Waals surface area contributed by atoms with Crippen molar-refractivity contribution in [3.8, 4) is 5.75 Å². The summed E-state index contributed by atoms with van der Waals surface area (Å²) in [6, 6.07) is 5.31. The minimum atomic E-state index is -0.368. The van der Waals surface area contributed by atoms with Crippen molar-refractivity contribution < 1.29 is 9.66 Å². The maximum atomic E-state index is 11.5. The van der Waals surface area contributed by atoms with Crippen molar-refractivity contribution in [1.29, 1.82) is 0 Å². The molecule has 116 valence electrons. The Kier molecular flexibility index (Phi) is 3.70. The largest absolute Gasteiger partial charge is 0.490 e. The number of aromatic nitrogens is 2. The fourth-order valence-electron chi connectivity index (χ4n) is 3.10. The summed E-state index contributed by atoms with van der Waals surface area (Å²) < 4.78 is 6.92. The third kappa shape index (κ3) is 2.38. The van der Waals surface area contributed by atoms with Gasteiger partial charge in [-0.3, -0.25) is 14.8 Å². The summed E-state index contributed by atoms with van der Waals surface area (Å²) in [4.78, 5) is 13.2. The number of nitro benzene ring substituents is 1. The predicted molar refractivity (Wildman–Crippen MR) is 82.2 cm³/mol. The molecule has 1 aliphatic rings. The van der Waals surface area contributed by atoms with Crippen LogP contribution in [0.3, 0.4) is 0 Å². The van der Waals surface area contributed by atoms with Crippen LogP contribution in [0.2, 0.25) is 0 Å². The summed E-state index contributed by atoms with van der Waals surface area (Å²) in [5, 5.41) is 15.7. The zero-order chi connectivity index (χ0) is 15.7. The number of nitrogens with zero attached hydrogens (tertiary/aromatic N) is 4. The van der Waals surface area contributed by atoms with E-state index in [2.05, 4.69) is 10.00 Å². The van der Waals surface area contributed by atoms with E-state index < -0.39 is 0 Å². The fourth-order valence-corrected chi connectivity index (χ4v) is 3.10. The quantitative estimate of drug-likeness (QED) is 0.641. The second kappa shape index (κ2) is 5.67. The molecule has 1 fully saturated rings. The van der Waals surface area contributed by atoms with Crippen molar-refractivity contribution in [2.45, 2.75) is 18.9 Å². The molecule has 7 nitrogen and oxygen atoms in total. The van der Waals surface area contributed by atoms with Gasteiger partial charge >= 0.3 is 5.69 Å². The van der Waals surface area contributed by atoms with Crippen LogP contribution in [0.5, 0.6) is 5.75 Å². The molecule has 0 spiro atoms. The number of nitro groups is 1. The Balaban J connectivity index is 2.04. The molecule has 1 aromatic heterocycles. The fraction of sp³-hybridized carbons (Fsp3) is 0.400. The summed E-state index contributed by atoms with van der Waals surface area (Å²) >= 11 is 0. The van der Waals surface area contributed by atoms with Gasteiger partial charge in [0.1, 0.15) is 5.69 Å². The van der Waals surface area contributed by atoms with Crippen molar-refractivity contribution in [3.05, 3.63) is 46.3 Å². The molecule has 2 aromatic rings. The molecule has 1 aliphatic heterocycles. The van der Waals surface area contributed by atoms with Gasteiger partial charge in [-0.05, 0) is 25.0 Å². The van der Waals surface area contributed by atoms with Crippen LogP contribution in [0.15, 0.2) is 30.6 Å². The molecule has 0 unspecified atom stereocenters. The first kappa shape index (κ1) is 14.4. The van der Waals surface area contributed by atoms with Gasteiger partial charge in [0.2, 0.25) is 0 Å². The molecule has 22 heavy (non-hydrogen) atoms. The first-order valence-electron chi connectivity index (χ1n) is 7.18. The summed E-state index contributed by atoms with van der Waals surface area (Å²) in [7, 11) is 3.32. The molecule has 0 radical (unpaired) electrons. The van der Waals surface area contributed by atoms with Gasteiger partial charge in [0.05, 0.1) is 24.3 Å². The summed E-state index contributed by atoms with van der Waals surface area (Å²) in [5.41, 5.74) is 1.72. The number of benzene rings is 1. The van der Waals surface area contributed by atoms with Crippen LogP contribution in [0.4, 0.5) is 11.4 Å². The highest BCUT2D eigenvalue weighted by Gasteiger charge is 2.33. The Bertz CT molecular complexity index is 698. The SMILES string of the molecule is COc1cccc(N2CCC[C@@H]2c2cnn(C)c2)c1[N+](=O)[O-]. The van der Waals surface area contributed by atoms with Crippen molar-refractivity contribution in [1.82, 2.24) is 9.78 Å². The Morgan fingerprint density at radius 3 is 2.91 bits per heavy atom. The Hall–Kier alpha value is -2.57. The molecule has 0 bridgehead atoms. The third-order valence-electron chi connectivity index (χ3n) is 4.05. The molecule has 0 N–H and O–H groups in total.